The highest BCUT2D eigenvalue weighted by Gasteiger charge is 2.24. The number of nitrogens with two attached hydrogens (primary N) is 1. The number of ether oxygens (including phenoxy) is 1. The summed E-state index contributed by atoms with van der Waals surface area (Å²) in [4.78, 5) is 33.3. The van der Waals surface area contributed by atoms with Gasteiger partial charge in [0.05, 0.1) is 31.1 Å². The van der Waals surface area contributed by atoms with Crippen LogP contribution in [0.4, 0.5) is 20.3 Å². The molecule has 1 atom stereocenters. The summed E-state index contributed by atoms with van der Waals surface area (Å²) in [5.74, 6) is -3.12. The molecule has 3 aromatic rings. The summed E-state index contributed by atoms with van der Waals surface area (Å²) in [6, 6.07) is 7.15. The van der Waals surface area contributed by atoms with Crippen molar-refractivity contribution >= 4 is 23.3 Å². The Bertz CT molecular complexity index is 1250. The van der Waals surface area contributed by atoms with Crippen molar-refractivity contribution in [3.05, 3.63) is 71.1 Å². The van der Waals surface area contributed by atoms with E-state index in [1.54, 1.807) is 25.1 Å². The van der Waals surface area contributed by atoms with Crippen LogP contribution in [-0.4, -0.2) is 46.1 Å². The van der Waals surface area contributed by atoms with E-state index in [-0.39, 0.29) is 23.1 Å². The van der Waals surface area contributed by atoms with Crippen LogP contribution in [0.1, 0.15) is 27.7 Å². The van der Waals surface area contributed by atoms with Crippen molar-refractivity contribution in [3.63, 3.8) is 0 Å². The Labute approximate surface area is 193 Å². The van der Waals surface area contributed by atoms with Gasteiger partial charge in [-0.05, 0) is 42.3 Å². The second-order valence-electron chi connectivity index (χ2n) is 7.82. The molecule has 0 radical (unpaired) electrons. The van der Waals surface area contributed by atoms with Crippen LogP contribution in [0.5, 0.6) is 0 Å². The first-order chi connectivity index (χ1) is 16.2. The van der Waals surface area contributed by atoms with Gasteiger partial charge in [0.15, 0.2) is 17.6 Å². The number of aliphatic hydroxyl groups is 1. The van der Waals surface area contributed by atoms with E-state index in [9.17, 15) is 23.5 Å². The lowest BCUT2D eigenvalue weighted by molar-refractivity contribution is -0.124. The fraction of sp³-hybridized carbons (Fsp3) is 0.217. The monoisotopic (exact) mass is 469 g/mol. The van der Waals surface area contributed by atoms with Gasteiger partial charge in [-0.15, -0.1) is 0 Å². The summed E-state index contributed by atoms with van der Waals surface area (Å²) in [6.45, 7) is 2.61. The Kier molecular flexibility index (Phi) is 6.48. The molecule has 0 saturated carbocycles. The Balaban J connectivity index is 1.51. The number of aryl methyl sites for hydroxylation is 1. The lowest BCUT2D eigenvalue weighted by Gasteiger charge is -2.26. The molecule has 0 spiro atoms. The molecular formula is C23H21F2N5O4. The minimum absolute atomic E-state index is 0.00775. The number of amides is 2. The van der Waals surface area contributed by atoms with Crippen LogP contribution in [0, 0.1) is 18.6 Å². The van der Waals surface area contributed by atoms with Gasteiger partial charge in [0.2, 0.25) is 0 Å². The van der Waals surface area contributed by atoms with E-state index in [2.05, 4.69) is 20.6 Å². The molecule has 5 N–H and O–H groups in total. The van der Waals surface area contributed by atoms with E-state index in [4.69, 9.17) is 10.5 Å². The first-order valence-corrected chi connectivity index (χ1v) is 10.3. The number of aliphatic hydroxyl groups excluding tert-OH is 1. The predicted molar refractivity (Wildman–Crippen MR) is 119 cm³/mol. The van der Waals surface area contributed by atoms with Gasteiger partial charge in [-0.2, -0.15) is 0 Å². The van der Waals surface area contributed by atoms with Crippen LogP contribution in [0.15, 0.2) is 42.6 Å². The highest BCUT2D eigenvalue weighted by atomic mass is 19.1. The van der Waals surface area contributed by atoms with Crippen LogP contribution in [-0.2, 0) is 9.53 Å². The smallest absolute Gasteiger partial charge is 0.274 e. The highest BCUT2D eigenvalue weighted by Crippen LogP contribution is 2.26. The lowest BCUT2D eigenvalue weighted by Crippen LogP contribution is -2.48. The Morgan fingerprint density at radius 2 is 1.88 bits per heavy atom. The van der Waals surface area contributed by atoms with Crippen LogP contribution in [0.2, 0.25) is 0 Å². The van der Waals surface area contributed by atoms with Gasteiger partial charge in [0.1, 0.15) is 11.6 Å². The summed E-state index contributed by atoms with van der Waals surface area (Å²) in [5.41, 5.74) is 7.68. The van der Waals surface area contributed by atoms with Gasteiger partial charge < -0.3 is 26.2 Å². The average molecular weight is 469 g/mol. The zero-order valence-electron chi connectivity index (χ0n) is 18.0. The third kappa shape index (κ3) is 5.00. The van der Waals surface area contributed by atoms with Crippen LogP contribution in [0.25, 0.3) is 11.3 Å². The van der Waals surface area contributed by atoms with E-state index < -0.39 is 29.6 Å². The van der Waals surface area contributed by atoms with Crippen molar-refractivity contribution in [2.75, 3.05) is 24.3 Å². The third-order valence-corrected chi connectivity index (χ3v) is 5.21. The van der Waals surface area contributed by atoms with Crippen molar-refractivity contribution in [2.24, 2.45) is 0 Å². The molecule has 34 heavy (non-hydrogen) atoms. The minimum Gasteiger partial charge on any atom is -0.382 e. The minimum atomic E-state index is -1.77. The van der Waals surface area contributed by atoms with Crippen LogP contribution in [0.3, 0.4) is 0 Å². The molecule has 1 aromatic heterocycles. The Hall–Kier alpha value is -3.96. The molecule has 11 heteroatoms. The zero-order valence-corrected chi connectivity index (χ0v) is 18.0. The molecule has 0 aliphatic carbocycles. The first-order valence-electron chi connectivity index (χ1n) is 10.3. The quantitative estimate of drug-likeness (QED) is 0.434. The molecule has 2 amide bonds. The van der Waals surface area contributed by atoms with Gasteiger partial charge >= 0.3 is 0 Å². The molecule has 1 aliphatic heterocycles. The molecule has 2 heterocycles. The van der Waals surface area contributed by atoms with E-state index >= 15 is 0 Å². The van der Waals surface area contributed by atoms with Crippen molar-refractivity contribution in [2.45, 2.75) is 19.1 Å². The van der Waals surface area contributed by atoms with Gasteiger partial charge in [0.25, 0.3) is 11.8 Å². The molecule has 176 valence electrons. The SMILES string of the molecule is Cc1cc(NC(=O)C(O)c2cc(F)cc(F)c2)ccc1-c1cnc(N)c(C(=O)NC2COC2)n1. The summed E-state index contributed by atoms with van der Waals surface area (Å²) >= 11 is 0. The zero-order chi connectivity index (χ0) is 24.4. The molecule has 1 fully saturated rings. The number of benzene rings is 2. The van der Waals surface area contributed by atoms with E-state index in [0.29, 0.717) is 41.8 Å². The lowest BCUT2D eigenvalue weighted by atomic mass is 10.0. The average Bonchev–Trinajstić information content (AvgIpc) is 2.75. The van der Waals surface area contributed by atoms with E-state index in [0.717, 1.165) is 12.1 Å². The molecule has 9 nitrogen and oxygen atoms in total. The summed E-state index contributed by atoms with van der Waals surface area (Å²) < 4.78 is 31.8. The number of carbonyl (C=O) groups is 2. The number of hydrogen-bond donors (Lipinski definition) is 4. The van der Waals surface area contributed by atoms with Gasteiger partial charge in [-0.1, -0.05) is 6.07 Å². The number of carbonyl (C=O) groups excluding carboxylic acids is 2. The van der Waals surface area contributed by atoms with Crippen LogP contribution < -0.4 is 16.4 Å². The van der Waals surface area contributed by atoms with Crippen LogP contribution >= 0.6 is 0 Å². The maximum absolute atomic E-state index is 13.4. The number of anilines is 2. The molecule has 1 saturated heterocycles. The number of aromatic nitrogens is 2. The molecule has 2 aromatic carbocycles. The van der Waals surface area contributed by atoms with E-state index in [1.807, 2.05) is 0 Å². The number of halogens is 2. The van der Waals surface area contributed by atoms with Gasteiger partial charge in [-0.25, -0.2) is 18.7 Å². The number of nitrogen functional groups attached to an aromatic ring is 1. The first kappa shape index (κ1) is 23.2. The van der Waals surface area contributed by atoms with Crippen molar-refractivity contribution in [3.8, 4) is 11.3 Å². The standard InChI is InChI=1S/C23H21F2N5O4/c1-11-4-15(28-23(33)20(31)12-5-13(24)7-14(25)6-12)2-3-17(11)18-8-27-21(26)19(30-18)22(32)29-16-9-34-10-16/h2-8,16,20,31H,9-10H2,1H3,(H2,26,27)(H,28,33)(H,29,32). The number of hydrogen-bond acceptors (Lipinski definition) is 7. The molecule has 1 unspecified atom stereocenters. The molecule has 0 bridgehead atoms. The van der Waals surface area contributed by atoms with Crippen molar-refractivity contribution < 1.29 is 28.2 Å². The summed E-state index contributed by atoms with van der Waals surface area (Å²) in [5, 5.41) is 15.4. The fourth-order valence-electron chi connectivity index (χ4n) is 3.39. The highest BCUT2D eigenvalue weighted by molar-refractivity contribution is 5.97. The summed E-state index contributed by atoms with van der Waals surface area (Å²) in [6.07, 6.45) is -0.336. The number of rotatable bonds is 6. The maximum atomic E-state index is 13.4. The second-order valence-corrected chi connectivity index (χ2v) is 7.82. The fourth-order valence-corrected chi connectivity index (χ4v) is 3.39. The molecule has 1 aliphatic rings. The third-order valence-electron chi connectivity index (χ3n) is 5.21. The topological polar surface area (TPSA) is 139 Å². The van der Waals surface area contributed by atoms with Crippen molar-refractivity contribution in [1.29, 1.82) is 0 Å². The second kappa shape index (κ2) is 9.49. The number of nitrogens with zero attached hydrogens (tertiary/aromatic N) is 2. The normalized spacial score (nSPS) is 14.2. The largest absolute Gasteiger partial charge is 0.382 e. The van der Waals surface area contributed by atoms with Gasteiger partial charge in [0, 0.05) is 17.3 Å². The van der Waals surface area contributed by atoms with Gasteiger partial charge in [-0.3, -0.25) is 9.59 Å². The number of nitrogens with one attached hydrogen (secondary N) is 2. The summed E-state index contributed by atoms with van der Waals surface area (Å²) in [7, 11) is 0. The van der Waals surface area contributed by atoms with E-state index in [1.165, 1.54) is 6.20 Å². The maximum Gasteiger partial charge on any atom is 0.274 e. The predicted octanol–water partition coefficient (Wildman–Crippen LogP) is 2.11. The Morgan fingerprint density at radius 3 is 2.50 bits per heavy atom. The Morgan fingerprint density at radius 1 is 1.18 bits per heavy atom. The molecular weight excluding hydrogens is 448 g/mol. The van der Waals surface area contributed by atoms with Crippen molar-refractivity contribution in [1.82, 2.24) is 15.3 Å². The molecule has 4 rings (SSSR count).